The first-order valence-corrected chi connectivity index (χ1v) is 5.48. The fourth-order valence-corrected chi connectivity index (χ4v) is 2.05. The van der Waals surface area contributed by atoms with Crippen LogP contribution in [0.15, 0.2) is 30.3 Å². The summed E-state index contributed by atoms with van der Waals surface area (Å²) in [6.07, 6.45) is 0. The van der Waals surface area contributed by atoms with Crippen molar-refractivity contribution in [3.63, 3.8) is 0 Å². The van der Waals surface area contributed by atoms with Gasteiger partial charge in [0.25, 0.3) is 0 Å². The molecule has 4 heteroatoms. The molecule has 0 unspecified atom stereocenters. The van der Waals surface area contributed by atoms with Gasteiger partial charge in [-0.2, -0.15) is 0 Å². The Morgan fingerprint density at radius 1 is 1.44 bits per heavy atom. The maximum atomic E-state index is 10.6. The molecular weight excluding hydrogens is 204 g/mol. The van der Waals surface area contributed by atoms with E-state index in [2.05, 4.69) is 17.4 Å². The predicted molar refractivity (Wildman–Crippen MR) is 61.3 cm³/mol. The van der Waals surface area contributed by atoms with E-state index in [1.807, 2.05) is 23.1 Å². The van der Waals surface area contributed by atoms with Crippen LogP contribution >= 0.6 is 0 Å². The minimum Gasteiger partial charge on any atom is -0.480 e. The number of hydrogen-bond donors (Lipinski definition) is 2. The molecule has 0 spiro atoms. The minimum absolute atomic E-state index is 0.130. The smallest absolute Gasteiger partial charge is 0.317 e. The number of carbonyl (C=O) groups is 1. The third-order valence-electron chi connectivity index (χ3n) is 2.82. The SMILES string of the molecule is O=C(O)CN1CCN[C@H](c2ccccc2)C1. The van der Waals surface area contributed by atoms with Crippen molar-refractivity contribution >= 4 is 5.97 Å². The van der Waals surface area contributed by atoms with Gasteiger partial charge in [-0.25, -0.2) is 0 Å². The summed E-state index contributed by atoms with van der Waals surface area (Å²) < 4.78 is 0. The van der Waals surface area contributed by atoms with E-state index >= 15 is 0 Å². The third kappa shape index (κ3) is 2.81. The van der Waals surface area contributed by atoms with Crippen LogP contribution in [-0.4, -0.2) is 42.2 Å². The van der Waals surface area contributed by atoms with E-state index in [1.54, 1.807) is 0 Å². The number of benzene rings is 1. The summed E-state index contributed by atoms with van der Waals surface area (Å²) in [5.41, 5.74) is 1.22. The summed E-state index contributed by atoms with van der Waals surface area (Å²) in [6, 6.07) is 10.4. The van der Waals surface area contributed by atoms with Crippen molar-refractivity contribution in [2.75, 3.05) is 26.2 Å². The zero-order valence-electron chi connectivity index (χ0n) is 9.10. The Labute approximate surface area is 94.9 Å². The highest BCUT2D eigenvalue weighted by Gasteiger charge is 2.21. The highest BCUT2D eigenvalue weighted by molar-refractivity contribution is 5.69. The standard InChI is InChI=1S/C12H16N2O2/c15-12(16)9-14-7-6-13-11(8-14)10-4-2-1-3-5-10/h1-5,11,13H,6-9H2,(H,15,16)/t11-/m0/s1. The molecule has 2 N–H and O–H groups in total. The number of carboxylic acids is 1. The quantitative estimate of drug-likeness (QED) is 0.788. The maximum Gasteiger partial charge on any atom is 0.317 e. The van der Waals surface area contributed by atoms with Crippen LogP contribution in [0.4, 0.5) is 0 Å². The van der Waals surface area contributed by atoms with E-state index in [1.165, 1.54) is 5.56 Å². The molecule has 4 nitrogen and oxygen atoms in total. The van der Waals surface area contributed by atoms with Gasteiger partial charge in [0, 0.05) is 25.7 Å². The molecule has 2 rings (SSSR count). The van der Waals surface area contributed by atoms with Gasteiger partial charge in [-0.1, -0.05) is 30.3 Å². The fraction of sp³-hybridized carbons (Fsp3) is 0.417. The summed E-state index contributed by atoms with van der Waals surface area (Å²) in [5, 5.41) is 12.2. The molecule has 86 valence electrons. The maximum absolute atomic E-state index is 10.6. The monoisotopic (exact) mass is 220 g/mol. The molecule has 1 heterocycles. The fourth-order valence-electron chi connectivity index (χ4n) is 2.05. The summed E-state index contributed by atoms with van der Waals surface area (Å²) in [5.74, 6) is -0.756. The van der Waals surface area contributed by atoms with E-state index < -0.39 is 5.97 Å². The zero-order chi connectivity index (χ0) is 11.4. The van der Waals surface area contributed by atoms with E-state index in [0.29, 0.717) is 0 Å². The number of nitrogens with one attached hydrogen (secondary N) is 1. The van der Waals surface area contributed by atoms with Crippen LogP contribution in [0, 0.1) is 0 Å². The summed E-state index contributed by atoms with van der Waals surface area (Å²) >= 11 is 0. The van der Waals surface area contributed by atoms with Gasteiger partial charge < -0.3 is 10.4 Å². The van der Waals surface area contributed by atoms with Gasteiger partial charge in [0.1, 0.15) is 0 Å². The number of hydrogen-bond acceptors (Lipinski definition) is 3. The molecule has 1 aromatic rings. The predicted octanol–water partition coefficient (Wildman–Crippen LogP) is 0.717. The Bertz CT molecular complexity index is 353. The molecule has 0 saturated carbocycles. The lowest BCUT2D eigenvalue weighted by atomic mass is 10.0. The number of aliphatic carboxylic acids is 1. The molecule has 0 radical (unpaired) electrons. The highest BCUT2D eigenvalue weighted by Crippen LogP contribution is 2.16. The number of rotatable bonds is 3. The summed E-state index contributed by atoms with van der Waals surface area (Å²) in [7, 11) is 0. The van der Waals surface area contributed by atoms with Gasteiger partial charge in [0.15, 0.2) is 0 Å². The van der Waals surface area contributed by atoms with Crippen molar-refractivity contribution in [1.82, 2.24) is 10.2 Å². The molecule has 0 amide bonds. The second-order valence-corrected chi connectivity index (χ2v) is 4.05. The summed E-state index contributed by atoms with van der Waals surface area (Å²) in [4.78, 5) is 12.6. The van der Waals surface area contributed by atoms with Crippen LogP contribution in [0.1, 0.15) is 11.6 Å². The van der Waals surface area contributed by atoms with Gasteiger partial charge in [-0.05, 0) is 5.56 Å². The Morgan fingerprint density at radius 2 is 2.19 bits per heavy atom. The zero-order valence-corrected chi connectivity index (χ0v) is 9.10. The van der Waals surface area contributed by atoms with Gasteiger partial charge in [0.05, 0.1) is 6.54 Å². The number of nitrogens with zero attached hydrogens (tertiary/aromatic N) is 1. The van der Waals surface area contributed by atoms with Gasteiger partial charge in [0.2, 0.25) is 0 Å². The Kier molecular flexibility index (Phi) is 3.54. The first-order chi connectivity index (χ1) is 7.75. The Balaban J connectivity index is 1.99. The highest BCUT2D eigenvalue weighted by atomic mass is 16.4. The third-order valence-corrected chi connectivity index (χ3v) is 2.82. The van der Waals surface area contributed by atoms with Crippen molar-refractivity contribution in [1.29, 1.82) is 0 Å². The van der Waals surface area contributed by atoms with E-state index in [-0.39, 0.29) is 12.6 Å². The van der Waals surface area contributed by atoms with Crippen molar-refractivity contribution in [3.8, 4) is 0 Å². The van der Waals surface area contributed by atoms with Crippen LogP contribution in [0.2, 0.25) is 0 Å². The largest absolute Gasteiger partial charge is 0.480 e. The number of carboxylic acid groups (broad SMARTS) is 1. The Morgan fingerprint density at radius 3 is 2.88 bits per heavy atom. The van der Waals surface area contributed by atoms with Gasteiger partial charge in [-0.3, -0.25) is 9.69 Å². The lowest BCUT2D eigenvalue weighted by Gasteiger charge is -2.32. The summed E-state index contributed by atoms with van der Waals surface area (Å²) in [6.45, 7) is 2.53. The lowest BCUT2D eigenvalue weighted by molar-refractivity contribution is -0.138. The molecule has 0 aromatic heterocycles. The normalized spacial score (nSPS) is 21.9. The van der Waals surface area contributed by atoms with Crippen LogP contribution in [0.5, 0.6) is 0 Å². The Hall–Kier alpha value is -1.39. The van der Waals surface area contributed by atoms with E-state index in [0.717, 1.165) is 19.6 Å². The molecular formula is C12H16N2O2. The molecule has 0 aliphatic carbocycles. The topological polar surface area (TPSA) is 52.6 Å². The van der Waals surface area contributed by atoms with Crippen LogP contribution in [0.3, 0.4) is 0 Å². The van der Waals surface area contributed by atoms with Crippen LogP contribution < -0.4 is 5.32 Å². The molecule has 1 aliphatic heterocycles. The van der Waals surface area contributed by atoms with E-state index in [9.17, 15) is 4.79 Å². The first-order valence-electron chi connectivity index (χ1n) is 5.48. The second kappa shape index (κ2) is 5.09. The van der Waals surface area contributed by atoms with Gasteiger partial charge in [-0.15, -0.1) is 0 Å². The van der Waals surface area contributed by atoms with Crippen LogP contribution in [-0.2, 0) is 4.79 Å². The molecule has 0 bridgehead atoms. The average Bonchev–Trinajstić information content (AvgIpc) is 2.30. The van der Waals surface area contributed by atoms with Crippen LogP contribution in [0.25, 0.3) is 0 Å². The van der Waals surface area contributed by atoms with Crippen molar-refractivity contribution in [3.05, 3.63) is 35.9 Å². The molecule has 1 atom stereocenters. The molecule has 1 aliphatic rings. The number of piperazine rings is 1. The van der Waals surface area contributed by atoms with E-state index in [4.69, 9.17) is 5.11 Å². The molecule has 1 aromatic carbocycles. The van der Waals surface area contributed by atoms with Crippen molar-refractivity contribution in [2.45, 2.75) is 6.04 Å². The molecule has 16 heavy (non-hydrogen) atoms. The van der Waals surface area contributed by atoms with Gasteiger partial charge >= 0.3 is 5.97 Å². The average molecular weight is 220 g/mol. The van der Waals surface area contributed by atoms with Crippen molar-refractivity contribution < 1.29 is 9.90 Å². The minimum atomic E-state index is -0.756. The first kappa shape index (κ1) is 11.1. The lowest BCUT2D eigenvalue weighted by Crippen LogP contribution is -2.47. The molecule has 1 saturated heterocycles. The molecule has 1 fully saturated rings. The van der Waals surface area contributed by atoms with Crippen molar-refractivity contribution in [2.24, 2.45) is 0 Å². The second-order valence-electron chi connectivity index (χ2n) is 4.05.